The molecule has 1 aromatic carbocycles. The third-order valence-electron chi connectivity index (χ3n) is 4.27. The van der Waals surface area contributed by atoms with Gasteiger partial charge in [-0.05, 0) is 49.6 Å². The van der Waals surface area contributed by atoms with Crippen LogP contribution < -0.4 is 9.64 Å². The molecule has 0 saturated heterocycles. The molecule has 1 aliphatic carbocycles. The molecule has 0 fully saturated rings. The molecule has 6 heteroatoms. The van der Waals surface area contributed by atoms with Gasteiger partial charge in [0.2, 0.25) is 5.91 Å². The third kappa shape index (κ3) is 3.49. The average Bonchev–Trinajstić information content (AvgIpc) is 3.05. The SMILES string of the molecule is CCN(C(C)=O)c1nc(/C=C2\CCc3cc(OC)ccc3C2=O)cs1. The van der Waals surface area contributed by atoms with Gasteiger partial charge in [-0.3, -0.25) is 14.5 Å². The Morgan fingerprint density at radius 2 is 2.20 bits per heavy atom. The molecule has 0 bridgehead atoms. The highest BCUT2D eigenvalue weighted by Gasteiger charge is 2.23. The first-order valence-electron chi connectivity index (χ1n) is 8.19. The predicted octanol–water partition coefficient (Wildman–Crippen LogP) is 3.74. The fourth-order valence-corrected chi connectivity index (χ4v) is 3.85. The fraction of sp³-hybridized carbons (Fsp3) is 0.316. The maximum Gasteiger partial charge on any atom is 0.225 e. The van der Waals surface area contributed by atoms with E-state index in [4.69, 9.17) is 4.74 Å². The monoisotopic (exact) mass is 356 g/mol. The number of amides is 1. The number of methoxy groups -OCH3 is 1. The van der Waals surface area contributed by atoms with Crippen LogP contribution in [0.1, 0.15) is 41.9 Å². The number of benzene rings is 1. The molecule has 25 heavy (non-hydrogen) atoms. The number of Topliss-reactive ketones (excluding diaryl/α,β-unsaturated/α-hetero) is 1. The van der Waals surface area contributed by atoms with Gasteiger partial charge >= 0.3 is 0 Å². The fourth-order valence-electron chi connectivity index (χ4n) is 2.96. The molecular weight excluding hydrogens is 336 g/mol. The number of anilines is 1. The van der Waals surface area contributed by atoms with E-state index < -0.39 is 0 Å². The van der Waals surface area contributed by atoms with Gasteiger partial charge in [0.1, 0.15) is 5.75 Å². The van der Waals surface area contributed by atoms with Gasteiger partial charge in [-0.2, -0.15) is 0 Å². The molecule has 0 unspecified atom stereocenters. The molecule has 1 aromatic heterocycles. The summed E-state index contributed by atoms with van der Waals surface area (Å²) >= 11 is 1.41. The summed E-state index contributed by atoms with van der Waals surface area (Å²) in [6.07, 6.45) is 3.31. The zero-order chi connectivity index (χ0) is 18.0. The van der Waals surface area contributed by atoms with Crippen LogP contribution in [0.2, 0.25) is 0 Å². The van der Waals surface area contributed by atoms with Crippen molar-refractivity contribution in [2.24, 2.45) is 0 Å². The van der Waals surface area contributed by atoms with E-state index in [2.05, 4.69) is 4.98 Å². The number of fused-ring (bicyclic) bond motifs is 1. The Morgan fingerprint density at radius 3 is 2.88 bits per heavy atom. The number of aryl methyl sites for hydroxylation is 1. The lowest BCUT2D eigenvalue weighted by Gasteiger charge is -2.18. The molecule has 0 aliphatic heterocycles. The summed E-state index contributed by atoms with van der Waals surface area (Å²) in [5.74, 6) is 0.775. The largest absolute Gasteiger partial charge is 0.497 e. The maximum atomic E-state index is 12.7. The van der Waals surface area contributed by atoms with Crippen LogP contribution >= 0.6 is 11.3 Å². The molecule has 2 aromatic rings. The molecule has 0 saturated carbocycles. The van der Waals surface area contributed by atoms with Crippen LogP contribution in [0.4, 0.5) is 5.13 Å². The van der Waals surface area contributed by atoms with Crippen molar-refractivity contribution in [1.29, 1.82) is 0 Å². The van der Waals surface area contributed by atoms with Gasteiger partial charge in [-0.1, -0.05) is 0 Å². The minimum atomic E-state index is -0.0346. The number of allylic oxidation sites excluding steroid dienone is 1. The van der Waals surface area contributed by atoms with E-state index in [1.165, 1.54) is 18.3 Å². The van der Waals surface area contributed by atoms with E-state index >= 15 is 0 Å². The molecule has 3 rings (SSSR count). The maximum absolute atomic E-state index is 12.7. The van der Waals surface area contributed by atoms with Crippen molar-refractivity contribution in [1.82, 2.24) is 4.98 Å². The first-order chi connectivity index (χ1) is 12.0. The van der Waals surface area contributed by atoms with Crippen LogP contribution in [0.3, 0.4) is 0 Å². The number of hydrogen-bond acceptors (Lipinski definition) is 5. The summed E-state index contributed by atoms with van der Waals surface area (Å²) in [5, 5.41) is 2.54. The van der Waals surface area contributed by atoms with Crippen LogP contribution in [0.15, 0.2) is 29.2 Å². The van der Waals surface area contributed by atoms with Crippen molar-refractivity contribution < 1.29 is 14.3 Å². The normalized spacial score (nSPS) is 15.2. The predicted molar refractivity (Wildman–Crippen MR) is 99.4 cm³/mol. The first kappa shape index (κ1) is 17.4. The van der Waals surface area contributed by atoms with E-state index in [-0.39, 0.29) is 11.7 Å². The minimum Gasteiger partial charge on any atom is -0.497 e. The van der Waals surface area contributed by atoms with Crippen molar-refractivity contribution >= 4 is 34.2 Å². The molecule has 1 aliphatic rings. The highest BCUT2D eigenvalue weighted by Crippen LogP contribution is 2.30. The van der Waals surface area contributed by atoms with Gasteiger partial charge in [0.25, 0.3) is 0 Å². The number of aromatic nitrogens is 1. The van der Waals surface area contributed by atoms with Crippen molar-refractivity contribution in [3.8, 4) is 5.75 Å². The summed E-state index contributed by atoms with van der Waals surface area (Å²) < 4.78 is 5.23. The van der Waals surface area contributed by atoms with Gasteiger partial charge in [0.15, 0.2) is 10.9 Å². The number of nitrogens with zero attached hydrogens (tertiary/aromatic N) is 2. The summed E-state index contributed by atoms with van der Waals surface area (Å²) in [5.41, 5.74) is 3.22. The second-order valence-corrected chi connectivity index (χ2v) is 6.68. The Balaban J connectivity index is 1.86. The van der Waals surface area contributed by atoms with Gasteiger partial charge in [-0.15, -0.1) is 11.3 Å². The van der Waals surface area contributed by atoms with Crippen LogP contribution in [0, 0.1) is 0 Å². The van der Waals surface area contributed by atoms with Crippen molar-refractivity contribution in [3.63, 3.8) is 0 Å². The standard InChI is InChI=1S/C19H20N2O3S/c1-4-21(12(2)22)19-20-15(11-25-19)9-14-6-5-13-10-16(24-3)7-8-17(13)18(14)23/h7-11H,4-6H2,1-3H3/b14-9+. The summed E-state index contributed by atoms with van der Waals surface area (Å²) in [6, 6.07) is 5.56. The van der Waals surface area contributed by atoms with E-state index in [1.807, 2.05) is 36.6 Å². The summed E-state index contributed by atoms with van der Waals surface area (Å²) in [4.78, 5) is 30.5. The Morgan fingerprint density at radius 1 is 1.40 bits per heavy atom. The molecule has 0 radical (unpaired) electrons. The third-order valence-corrected chi connectivity index (χ3v) is 5.15. The molecule has 1 heterocycles. The van der Waals surface area contributed by atoms with Gasteiger partial charge < -0.3 is 4.74 Å². The minimum absolute atomic E-state index is 0.0346. The van der Waals surface area contributed by atoms with Crippen molar-refractivity contribution in [3.05, 3.63) is 46.0 Å². The van der Waals surface area contributed by atoms with Crippen LogP contribution in [0.25, 0.3) is 6.08 Å². The Labute approximate surface area is 150 Å². The number of ether oxygens (including phenoxy) is 1. The first-order valence-corrected chi connectivity index (χ1v) is 9.07. The highest BCUT2D eigenvalue weighted by molar-refractivity contribution is 7.14. The lowest BCUT2D eigenvalue weighted by atomic mass is 9.86. The summed E-state index contributed by atoms with van der Waals surface area (Å²) in [6.45, 7) is 4.02. The van der Waals surface area contributed by atoms with Gasteiger partial charge in [-0.25, -0.2) is 4.98 Å². The second-order valence-electron chi connectivity index (χ2n) is 5.84. The Hall–Kier alpha value is -2.47. The highest BCUT2D eigenvalue weighted by atomic mass is 32.1. The Kier molecular flexibility index (Phi) is 4.99. The number of rotatable bonds is 4. The van der Waals surface area contributed by atoms with Crippen LogP contribution in [-0.4, -0.2) is 30.3 Å². The zero-order valence-corrected chi connectivity index (χ0v) is 15.4. The molecule has 0 spiro atoms. The lowest BCUT2D eigenvalue weighted by Crippen LogP contribution is -2.27. The second kappa shape index (κ2) is 7.19. The number of carbonyl (C=O) groups excluding carboxylic acids is 2. The average molecular weight is 356 g/mol. The lowest BCUT2D eigenvalue weighted by molar-refractivity contribution is -0.116. The van der Waals surface area contributed by atoms with E-state index in [0.29, 0.717) is 18.1 Å². The smallest absolute Gasteiger partial charge is 0.225 e. The van der Waals surface area contributed by atoms with Crippen LogP contribution in [-0.2, 0) is 11.2 Å². The number of thiazole rings is 1. The van der Waals surface area contributed by atoms with Crippen molar-refractivity contribution in [2.45, 2.75) is 26.7 Å². The zero-order valence-electron chi connectivity index (χ0n) is 14.5. The molecule has 5 nitrogen and oxygen atoms in total. The molecule has 0 atom stereocenters. The quantitative estimate of drug-likeness (QED) is 0.783. The van der Waals surface area contributed by atoms with E-state index in [0.717, 1.165) is 34.6 Å². The topological polar surface area (TPSA) is 59.5 Å². The van der Waals surface area contributed by atoms with E-state index in [9.17, 15) is 9.59 Å². The van der Waals surface area contributed by atoms with Gasteiger partial charge in [0.05, 0.1) is 12.8 Å². The van der Waals surface area contributed by atoms with Crippen molar-refractivity contribution in [2.75, 3.05) is 18.6 Å². The van der Waals surface area contributed by atoms with Crippen LogP contribution in [0.5, 0.6) is 5.75 Å². The number of carbonyl (C=O) groups is 2. The van der Waals surface area contributed by atoms with E-state index in [1.54, 1.807) is 12.0 Å². The molecular formula is C19H20N2O3S. The summed E-state index contributed by atoms with van der Waals surface area (Å²) in [7, 11) is 1.62. The number of hydrogen-bond donors (Lipinski definition) is 0. The molecule has 1 amide bonds. The van der Waals surface area contributed by atoms with Gasteiger partial charge in [0, 0.05) is 30.0 Å². The number of ketones is 1. The Bertz CT molecular complexity index is 854. The molecule has 0 N–H and O–H groups in total. The molecule has 130 valence electrons.